The minimum absolute atomic E-state index is 0.00813. The Morgan fingerprint density at radius 2 is 1.94 bits per heavy atom. The Morgan fingerprint density at radius 3 is 2.68 bits per heavy atom. The molecule has 0 unspecified atom stereocenters. The highest BCUT2D eigenvalue weighted by atomic mass is 35.5. The summed E-state index contributed by atoms with van der Waals surface area (Å²) < 4.78 is 22.7. The van der Waals surface area contributed by atoms with Crippen molar-refractivity contribution in [1.82, 2.24) is 15.3 Å². The van der Waals surface area contributed by atoms with Crippen LogP contribution in [0.5, 0.6) is 17.2 Å². The monoisotopic (exact) mass is 487 g/mol. The number of benzene rings is 2. The van der Waals surface area contributed by atoms with Crippen LogP contribution in [0.3, 0.4) is 0 Å². The molecule has 1 aliphatic rings. The molecule has 0 radical (unpaired) electrons. The predicted molar refractivity (Wildman–Crippen MR) is 130 cm³/mol. The standard InChI is InChI=1S/C23H26ClN5O5/c1-13(2)27-23(30)29-16-5-4-14(10-15(16)24)28-22-19-17(25-12-26-22)11-18(32-7-6-31-3)20-21(19)34-9-8-33-20/h4-5,10-13H,6-9H2,1-3H3,(H,25,26,28)(H2,27,29,30). The number of methoxy groups -OCH3 is 1. The number of fused-ring (bicyclic) bond motifs is 3. The molecule has 3 aromatic rings. The largest absolute Gasteiger partial charge is 0.487 e. The molecule has 10 nitrogen and oxygen atoms in total. The smallest absolute Gasteiger partial charge is 0.319 e. The number of carbonyl (C=O) groups is 1. The van der Waals surface area contributed by atoms with E-state index in [-0.39, 0.29) is 12.1 Å². The molecule has 0 atom stereocenters. The number of nitrogens with zero attached hydrogens (tertiary/aromatic N) is 2. The Bertz CT molecular complexity index is 1190. The van der Waals surface area contributed by atoms with Crippen molar-refractivity contribution in [2.24, 2.45) is 0 Å². The molecular formula is C23H26ClN5O5. The fraction of sp³-hybridized carbons (Fsp3) is 0.348. The Labute approximate surface area is 201 Å². The first-order valence-electron chi connectivity index (χ1n) is 10.8. The molecule has 3 N–H and O–H groups in total. The average molecular weight is 488 g/mol. The van der Waals surface area contributed by atoms with Crippen LogP contribution in [0.25, 0.3) is 10.9 Å². The number of hydrogen-bond acceptors (Lipinski definition) is 8. The number of nitrogens with one attached hydrogen (secondary N) is 3. The zero-order chi connectivity index (χ0) is 24.1. The molecule has 4 rings (SSSR count). The minimum Gasteiger partial charge on any atom is -0.487 e. The number of rotatable bonds is 8. The molecule has 1 aromatic heterocycles. The number of amides is 2. The van der Waals surface area contributed by atoms with E-state index in [1.807, 2.05) is 13.8 Å². The Balaban J connectivity index is 1.64. The molecule has 0 aliphatic carbocycles. The third-order valence-corrected chi connectivity index (χ3v) is 5.14. The maximum Gasteiger partial charge on any atom is 0.319 e. The lowest BCUT2D eigenvalue weighted by Gasteiger charge is -2.23. The maximum atomic E-state index is 12.0. The number of hydrogen-bond donors (Lipinski definition) is 3. The summed E-state index contributed by atoms with van der Waals surface area (Å²) in [6.07, 6.45) is 1.45. The predicted octanol–water partition coefficient (Wildman–Crippen LogP) is 4.35. The molecule has 2 aromatic carbocycles. The molecule has 11 heteroatoms. The number of anilines is 3. The van der Waals surface area contributed by atoms with Crippen LogP contribution in [0.2, 0.25) is 5.02 Å². The average Bonchev–Trinajstić information content (AvgIpc) is 2.80. The minimum atomic E-state index is -0.327. The summed E-state index contributed by atoms with van der Waals surface area (Å²) in [5, 5.41) is 9.79. The van der Waals surface area contributed by atoms with Crippen molar-refractivity contribution in [1.29, 1.82) is 0 Å². The van der Waals surface area contributed by atoms with Crippen molar-refractivity contribution in [3.05, 3.63) is 35.6 Å². The van der Waals surface area contributed by atoms with Crippen LogP contribution < -0.4 is 30.2 Å². The summed E-state index contributed by atoms with van der Waals surface area (Å²) in [4.78, 5) is 20.8. The Morgan fingerprint density at radius 1 is 1.15 bits per heavy atom. The zero-order valence-electron chi connectivity index (χ0n) is 19.1. The van der Waals surface area contributed by atoms with E-state index in [1.54, 1.807) is 31.4 Å². The number of ether oxygens (including phenoxy) is 4. The maximum absolute atomic E-state index is 12.0. The van der Waals surface area contributed by atoms with Crippen LogP contribution in [0.4, 0.5) is 22.0 Å². The topological polar surface area (TPSA) is 116 Å². The first kappa shape index (κ1) is 23.7. The highest BCUT2D eigenvalue weighted by Gasteiger charge is 2.24. The van der Waals surface area contributed by atoms with Gasteiger partial charge in [0.15, 0.2) is 11.5 Å². The van der Waals surface area contributed by atoms with Crippen molar-refractivity contribution >= 4 is 45.7 Å². The van der Waals surface area contributed by atoms with Crippen molar-refractivity contribution in [3.63, 3.8) is 0 Å². The van der Waals surface area contributed by atoms with Gasteiger partial charge in [0.2, 0.25) is 5.75 Å². The second-order valence-electron chi connectivity index (χ2n) is 7.76. The molecule has 0 saturated carbocycles. The van der Waals surface area contributed by atoms with Gasteiger partial charge in [0.05, 0.1) is 28.2 Å². The van der Waals surface area contributed by atoms with Gasteiger partial charge in [-0.1, -0.05) is 11.6 Å². The van der Waals surface area contributed by atoms with Gasteiger partial charge >= 0.3 is 6.03 Å². The lowest BCUT2D eigenvalue weighted by molar-refractivity contribution is 0.134. The van der Waals surface area contributed by atoms with Crippen molar-refractivity contribution in [2.45, 2.75) is 19.9 Å². The molecule has 0 fully saturated rings. The highest BCUT2D eigenvalue weighted by molar-refractivity contribution is 6.34. The van der Waals surface area contributed by atoms with Crippen LogP contribution in [-0.2, 0) is 4.74 Å². The van der Waals surface area contributed by atoms with E-state index in [2.05, 4.69) is 25.9 Å². The SMILES string of the molecule is COCCOc1cc2ncnc(Nc3ccc(NC(=O)NC(C)C)c(Cl)c3)c2c2c1OCCO2. The van der Waals surface area contributed by atoms with E-state index >= 15 is 0 Å². The van der Waals surface area contributed by atoms with Crippen molar-refractivity contribution in [2.75, 3.05) is 44.2 Å². The Kier molecular flexibility index (Phi) is 7.39. The van der Waals surface area contributed by atoms with E-state index in [0.29, 0.717) is 76.8 Å². The number of carbonyl (C=O) groups excluding carboxylic acids is 1. The normalized spacial score (nSPS) is 12.5. The van der Waals surface area contributed by atoms with E-state index in [0.717, 1.165) is 0 Å². The number of urea groups is 1. The summed E-state index contributed by atoms with van der Waals surface area (Å²) in [6.45, 7) is 5.36. The quantitative estimate of drug-likeness (QED) is 0.401. The van der Waals surface area contributed by atoms with Gasteiger partial charge in [-0.3, -0.25) is 0 Å². The first-order valence-corrected chi connectivity index (χ1v) is 11.2. The van der Waals surface area contributed by atoms with Crippen molar-refractivity contribution < 1.29 is 23.7 Å². The summed E-state index contributed by atoms with van der Waals surface area (Å²) in [5.74, 6) is 2.06. The van der Waals surface area contributed by atoms with Gasteiger partial charge in [-0.2, -0.15) is 0 Å². The number of aromatic nitrogens is 2. The van der Waals surface area contributed by atoms with E-state index in [4.69, 9.17) is 30.5 Å². The molecule has 0 bridgehead atoms. The van der Waals surface area contributed by atoms with Crippen LogP contribution in [-0.4, -0.2) is 55.6 Å². The van der Waals surface area contributed by atoms with Gasteiger partial charge < -0.3 is 34.9 Å². The fourth-order valence-corrected chi connectivity index (χ4v) is 3.63. The van der Waals surface area contributed by atoms with Crippen molar-refractivity contribution in [3.8, 4) is 17.2 Å². The second-order valence-corrected chi connectivity index (χ2v) is 8.17. The summed E-state index contributed by atoms with van der Waals surface area (Å²) in [5.41, 5.74) is 1.79. The second kappa shape index (κ2) is 10.6. The van der Waals surface area contributed by atoms with Gasteiger partial charge in [-0.05, 0) is 32.0 Å². The Hall–Kier alpha value is -3.50. The van der Waals surface area contributed by atoms with Crippen LogP contribution in [0, 0.1) is 0 Å². The van der Waals surface area contributed by atoms with Crippen LogP contribution in [0.15, 0.2) is 30.6 Å². The van der Waals surface area contributed by atoms with Crippen LogP contribution in [0.1, 0.15) is 13.8 Å². The van der Waals surface area contributed by atoms with Gasteiger partial charge in [-0.15, -0.1) is 0 Å². The summed E-state index contributed by atoms with van der Waals surface area (Å²) >= 11 is 6.40. The molecule has 2 amide bonds. The number of halogens is 1. The third-order valence-electron chi connectivity index (χ3n) is 4.82. The lowest BCUT2D eigenvalue weighted by atomic mass is 10.1. The van der Waals surface area contributed by atoms with E-state index < -0.39 is 0 Å². The zero-order valence-corrected chi connectivity index (χ0v) is 19.9. The lowest BCUT2D eigenvalue weighted by Crippen LogP contribution is -2.34. The third kappa shape index (κ3) is 5.35. The van der Waals surface area contributed by atoms with Gasteiger partial charge in [0.25, 0.3) is 0 Å². The fourth-order valence-electron chi connectivity index (χ4n) is 3.40. The van der Waals surface area contributed by atoms with Gasteiger partial charge in [0, 0.05) is 24.9 Å². The van der Waals surface area contributed by atoms with E-state index in [1.165, 1.54) is 6.33 Å². The van der Waals surface area contributed by atoms with Crippen LogP contribution >= 0.6 is 11.6 Å². The molecule has 2 heterocycles. The summed E-state index contributed by atoms with van der Waals surface area (Å²) in [6, 6.07) is 6.67. The van der Waals surface area contributed by atoms with Gasteiger partial charge in [0.1, 0.15) is 32.0 Å². The molecule has 34 heavy (non-hydrogen) atoms. The summed E-state index contributed by atoms with van der Waals surface area (Å²) in [7, 11) is 1.61. The van der Waals surface area contributed by atoms with Gasteiger partial charge in [-0.25, -0.2) is 14.8 Å². The van der Waals surface area contributed by atoms with E-state index in [9.17, 15) is 4.79 Å². The molecule has 1 aliphatic heterocycles. The molecule has 0 spiro atoms. The molecular weight excluding hydrogens is 462 g/mol. The highest BCUT2D eigenvalue weighted by Crippen LogP contribution is 2.47. The first-order chi connectivity index (χ1) is 16.5. The molecule has 180 valence electrons. The molecule has 0 saturated heterocycles.